The predicted molar refractivity (Wildman–Crippen MR) is 189 cm³/mol. The van der Waals surface area contributed by atoms with Crippen molar-refractivity contribution in [3.8, 4) is 22.9 Å². The molecule has 3 fully saturated rings. The maximum atomic E-state index is 11.5. The number of hydrogen-bond donors (Lipinski definition) is 2. The number of nitrogens with one attached hydrogen (secondary N) is 2. The highest BCUT2D eigenvalue weighted by molar-refractivity contribution is 7.88. The van der Waals surface area contributed by atoms with Crippen LogP contribution in [-0.2, 0) is 21.4 Å². The number of carbonyl (C=O) groups is 1. The molecule has 0 spiro atoms. The lowest BCUT2D eigenvalue weighted by Gasteiger charge is -2.46. The number of carbonyl (C=O) groups excluding carboxylic acids is 1. The second-order valence-corrected chi connectivity index (χ2v) is 15.9. The van der Waals surface area contributed by atoms with Crippen LogP contribution >= 0.6 is 23.2 Å². The number of aromatic nitrogens is 2. The van der Waals surface area contributed by atoms with E-state index in [-0.39, 0.29) is 11.9 Å². The number of rotatable bonds is 11. The Kier molecular flexibility index (Phi) is 11.1. The molecule has 6 rings (SSSR count). The molecule has 14 heteroatoms. The number of nitrogens with zero attached hydrogens (tertiary/aromatic N) is 5. The molecule has 2 N–H and O–H groups in total. The van der Waals surface area contributed by atoms with Crippen LogP contribution in [0.15, 0.2) is 48.7 Å². The number of sulfonamides is 1. The van der Waals surface area contributed by atoms with Gasteiger partial charge in [-0.15, -0.1) is 0 Å². The molecule has 258 valence electrons. The molecule has 1 amide bonds. The summed E-state index contributed by atoms with van der Waals surface area (Å²) in [5.74, 6) is 2.46. The van der Waals surface area contributed by atoms with Crippen molar-refractivity contribution >= 4 is 45.0 Å². The van der Waals surface area contributed by atoms with Crippen molar-refractivity contribution in [2.45, 2.75) is 51.2 Å². The molecule has 0 bridgehead atoms. The Labute approximate surface area is 293 Å². The fourth-order valence-corrected chi connectivity index (χ4v) is 8.11. The molecule has 1 aromatic carbocycles. The van der Waals surface area contributed by atoms with Crippen molar-refractivity contribution in [2.75, 3.05) is 57.0 Å². The molecular formula is C34H43Cl2N7O4S. The van der Waals surface area contributed by atoms with Crippen LogP contribution in [-0.4, -0.2) is 98.2 Å². The fourth-order valence-electron chi connectivity index (χ4n) is 6.79. The summed E-state index contributed by atoms with van der Waals surface area (Å²) in [5, 5.41) is 4.03. The molecule has 3 aromatic rings. The molecule has 0 radical (unpaired) electrons. The fraction of sp³-hybridized carbons (Fsp3) is 0.500. The van der Waals surface area contributed by atoms with Crippen LogP contribution in [0.2, 0.25) is 10.0 Å². The maximum Gasteiger partial charge on any atom is 0.220 e. The van der Waals surface area contributed by atoms with Crippen LogP contribution in [0.1, 0.15) is 38.2 Å². The van der Waals surface area contributed by atoms with Gasteiger partial charge in [-0.05, 0) is 86.7 Å². The van der Waals surface area contributed by atoms with Gasteiger partial charge in [0.1, 0.15) is 11.6 Å². The minimum Gasteiger partial charge on any atom is -0.437 e. The third-order valence-electron chi connectivity index (χ3n) is 9.36. The van der Waals surface area contributed by atoms with Crippen LogP contribution < -0.4 is 19.7 Å². The Morgan fingerprint density at radius 2 is 1.69 bits per heavy atom. The van der Waals surface area contributed by atoms with Gasteiger partial charge in [-0.1, -0.05) is 23.2 Å². The zero-order chi connectivity index (χ0) is 33.8. The quantitative estimate of drug-likeness (QED) is 0.289. The van der Waals surface area contributed by atoms with Gasteiger partial charge in [0, 0.05) is 80.0 Å². The first kappa shape index (κ1) is 34.8. The summed E-state index contributed by atoms with van der Waals surface area (Å²) >= 11 is 12.7. The zero-order valence-electron chi connectivity index (χ0n) is 27.4. The average Bonchev–Trinajstić information content (AvgIpc) is 3.02. The van der Waals surface area contributed by atoms with E-state index in [9.17, 15) is 13.2 Å². The largest absolute Gasteiger partial charge is 0.437 e. The van der Waals surface area contributed by atoms with Crippen LogP contribution in [0.4, 0.5) is 5.82 Å². The third-order valence-corrected chi connectivity index (χ3v) is 10.6. The van der Waals surface area contributed by atoms with E-state index in [1.54, 1.807) is 19.2 Å². The van der Waals surface area contributed by atoms with Crippen molar-refractivity contribution in [1.29, 1.82) is 0 Å². The van der Waals surface area contributed by atoms with Crippen LogP contribution in [0.3, 0.4) is 0 Å². The van der Waals surface area contributed by atoms with Gasteiger partial charge in [-0.3, -0.25) is 14.6 Å². The standard InChI is InChI=1S/C34H43Cl2N7O4S/c1-23(44)37-20-24-5-7-41(8-6-24)22-25-13-32(26-15-27(35)17-28(36)16-26)39-34(14-25)47-31-3-4-33(38-21-31)43-11-9-42(10-12-43)30-18-29(19-30)40-48(2,45)46/h3-4,13-17,21,24,29-30,40H,5-12,18-20,22H2,1-2H3,(H,37,44). The number of piperidine rings is 1. The molecule has 4 heterocycles. The normalized spacial score (nSPS) is 21.1. The lowest BCUT2D eigenvalue weighted by molar-refractivity contribution is -0.119. The summed E-state index contributed by atoms with van der Waals surface area (Å²) in [4.78, 5) is 28.0. The molecule has 0 unspecified atom stereocenters. The molecule has 11 nitrogen and oxygen atoms in total. The molecule has 1 saturated carbocycles. The Morgan fingerprint density at radius 3 is 2.31 bits per heavy atom. The molecule has 2 saturated heterocycles. The van der Waals surface area contributed by atoms with Crippen LogP contribution in [0.25, 0.3) is 11.3 Å². The molecule has 2 aliphatic heterocycles. The topological polar surface area (TPSA) is 120 Å². The summed E-state index contributed by atoms with van der Waals surface area (Å²) in [7, 11) is -3.16. The average molecular weight is 717 g/mol. The Morgan fingerprint density at radius 1 is 0.979 bits per heavy atom. The first-order chi connectivity index (χ1) is 23.0. The Bertz CT molecular complexity index is 1670. The van der Waals surface area contributed by atoms with Crippen molar-refractivity contribution in [1.82, 2.24) is 29.8 Å². The second kappa shape index (κ2) is 15.3. The minimum atomic E-state index is -3.16. The smallest absolute Gasteiger partial charge is 0.220 e. The number of piperazine rings is 1. The van der Waals surface area contributed by atoms with Gasteiger partial charge in [-0.2, -0.15) is 0 Å². The lowest BCUT2D eigenvalue weighted by Crippen LogP contribution is -2.58. The van der Waals surface area contributed by atoms with Crippen LogP contribution in [0, 0.1) is 5.92 Å². The highest BCUT2D eigenvalue weighted by atomic mass is 35.5. The molecule has 1 aliphatic carbocycles. The highest BCUT2D eigenvalue weighted by Crippen LogP contribution is 2.32. The van der Waals surface area contributed by atoms with Crippen molar-refractivity contribution in [3.63, 3.8) is 0 Å². The molecule has 3 aliphatic rings. The van der Waals surface area contributed by atoms with Crippen molar-refractivity contribution in [2.24, 2.45) is 5.92 Å². The third kappa shape index (κ3) is 9.58. The van der Waals surface area contributed by atoms with E-state index < -0.39 is 10.0 Å². The van der Waals surface area contributed by atoms with E-state index in [1.165, 1.54) is 6.26 Å². The monoisotopic (exact) mass is 715 g/mol. The predicted octanol–water partition coefficient (Wildman–Crippen LogP) is 4.79. The summed E-state index contributed by atoms with van der Waals surface area (Å²) in [5.41, 5.74) is 2.60. The Hall–Kier alpha value is -3.00. The first-order valence-electron chi connectivity index (χ1n) is 16.5. The number of pyridine rings is 2. The van der Waals surface area contributed by atoms with Gasteiger partial charge in [0.25, 0.3) is 0 Å². The zero-order valence-corrected chi connectivity index (χ0v) is 29.7. The van der Waals surface area contributed by atoms with E-state index in [2.05, 4.69) is 30.8 Å². The summed E-state index contributed by atoms with van der Waals surface area (Å²) in [6, 6.07) is 13.8. The maximum absolute atomic E-state index is 11.5. The number of benzene rings is 1. The van der Waals surface area contributed by atoms with Gasteiger partial charge < -0.3 is 15.0 Å². The van der Waals surface area contributed by atoms with Gasteiger partial charge in [0.15, 0.2) is 0 Å². The summed E-state index contributed by atoms with van der Waals surface area (Å²) in [6.45, 7) is 8.46. The number of ether oxygens (including phenoxy) is 1. The van der Waals surface area contributed by atoms with E-state index in [0.29, 0.717) is 33.6 Å². The number of halogens is 2. The van der Waals surface area contributed by atoms with E-state index >= 15 is 0 Å². The SMILES string of the molecule is CC(=O)NCC1CCN(Cc2cc(Oc3ccc(N4CCN(C5CC(NS(C)(=O)=O)C5)CC4)nc3)nc(-c3cc(Cl)cc(Cl)c3)c2)CC1. The van der Waals surface area contributed by atoms with E-state index in [0.717, 1.165) is 101 Å². The second-order valence-electron chi connectivity index (χ2n) is 13.2. The van der Waals surface area contributed by atoms with E-state index in [1.807, 2.05) is 30.3 Å². The number of likely N-dealkylation sites (tertiary alicyclic amines) is 1. The summed E-state index contributed by atoms with van der Waals surface area (Å²) in [6.07, 6.45) is 6.73. The molecule has 48 heavy (non-hydrogen) atoms. The van der Waals surface area contributed by atoms with Crippen LogP contribution in [0.5, 0.6) is 11.6 Å². The van der Waals surface area contributed by atoms with E-state index in [4.69, 9.17) is 37.9 Å². The van der Waals surface area contributed by atoms with Crippen molar-refractivity contribution in [3.05, 3.63) is 64.3 Å². The summed E-state index contributed by atoms with van der Waals surface area (Å²) < 4.78 is 32.0. The highest BCUT2D eigenvalue weighted by Gasteiger charge is 2.36. The molecule has 2 aromatic heterocycles. The molecular weight excluding hydrogens is 673 g/mol. The minimum absolute atomic E-state index is 0.0183. The van der Waals surface area contributed by atoms with Gasteiger partial charge >= 0.3 is 0 Å². The van der Waals surface area contributed by atoms with Crippen molar-refractivity contribution < 1.29 is 17.9 Å². The number of amides is 1. The lowest BCUT2D eigenvalue weighted by atomic mass is 9.86. The van der Waals surface area contributed by atoms with Gasteiger partial charge in [0.05, 0.1) is 18.1 Å². The van der Waals surface area contributed by atoms with Gasteiger partial charge in [0.2, 0.25) is 21.8 Å². The Balaban J connectivity index is 1.09. The molecule has 0 atom stereocenters. The van der Waals surface area contributed by atoms with Gasteiger partial charge in [-0.25, -0.2) is 23.1 Å². The first-order valence-corrected chi connectivity index (χ1v) is 19.1. The number of anilines is 1. The number of hydrogen-bond acceptors (Lipinski definition) is 9.